The molecule has 0 aliphatic rings. The maximum absolute atomic E-state index is 12.0. The van der Waals surface area contributed by atoms with Crippen LogP contribution >= 0.6 is 0 Å². The fourth-order valence-corrected chi connectivity index (χ4v) is 2.97. The number of benzene rings is 2. The van der Waals surface area contributed by atoms with Gasteiger partial charge in [-0.2, -0.15) is 0 Å². The monoisotopic (exact) mass is 349 g/mol. The number of para-hydroxylation sites is 1. The third kappa shape index (κ3) is 4.79. The molecule has 2 aromatic carbocycles. The summed E-state index contributed by atoms with van der Waals surface area (Å²) in [5.74, 6) is 0.655. The molecule has 0 radical (unpaired) electrons. The molecule has 0 bridgehead atoms. The van der Waals surface area contributed by atoms with E-state index in [1.165, 1.54) is 11.1 Å². The van der Waals surface area contributed by atoms with Gasteiger partial charge >= 0.3 is 0 Å². The summed E-state index contributed by atoms with van der Waals surface area (Å²) in [4.78, 5) is 31.2. The molecule has 0 fully saturated rings. The lowest BCUT2D eigenvalue weighted by atomic mass is 10.1. The van der Waals surface area contributed by atoms with Crippen LogP contribution in [-0.4, -0.2) is 22.4 Å². The molecule has 5 heteroatoms. The zero-order valence-electron chi connectivity index (χ0n) is 14.9. The molecule has 134 valence electrons. The molecule has 0 saturated heterocycles. The summed E-state index contributed by atoms with van der Waals surface area (Å²) in [6.07, 6.45) is 2.47. The van der Waals surface area contributed by atoms with Gasteiger partial charge in [-0.3, -0.25) is 9.59 Å². The van der Waals surface area contributed by atoms with Crippen LogP contribution in [0, 0.1) is 6.92 Å². The largest absolute Gasteiger partial charge is 0.356 e. The fourth-order valence-electron chi connectivity index (χ4n) is 2.97. The predicted octanol–water partition coefficient (Wildman–Crippen LogP) is 2.91. The number of hydrogen-bond donors (Lipinski definition) is 2. The van der Waals surface area contributed by atoms with E-state index < -0.39 is 0 Å². The van der Waals surface area contributed by atoms with E-state index in [0.29, 0.717) is 42.5 Å². The zero-order chi connectivity index (χ0) is 18.4. The molecule has 0 aliphatic heterocycles. The van der Waals surface area contributed by atoms with Crippen molar-refractivity contribution in [1.29, 1.82) is 0 Å². The summed E-state index contributed by atoms with van der Waals surface area (Å²) in [5.41, 5.74) is 3.01. The Kier molecular flexibility index (Phi) is 5.79. The minimum Gasteiger partial charge on any atom is -0.356 e. The Balaban J connectivity index is 1.44. The summed E-state index contributed by atoms with van der Waals surface area (Å²) >= 11 is 0. The van der Waals surface area contributed by atoms with Crippen LogP contribution in [0.25, 0.3) is 10.9 Å². The number of carbonyl (C=O) groups excluding carboxylic acids is 1. The molecule has 3 aromatic rings. The van der Waals surface area contributed by atoms with Gasteiger partial charge in [-0.05, 0) is 37.5 Å². The predicted molar refractivity (Wildman–Crippen MR) is 103 cm³/mol. The summed E-state index contributed by atoms with van der Waals surface area (Å²) in [6, 6.07) is 15.6. The van der Waals surface area contributed by atoms with Crippen molar-refractivity contribution in [2.75, 3.05) is 6.54 Å². The highest BCUT2D eigenvalue weighted by atomic mass is 16.1. The van der Waals surface area contributed by atoms with E-state index in [2.05, 4.69) is 40.4 Å². The van der Waals surface area contributed by atoms with Gasteiger partial charge in [0.15, 0.2) is 0 Å². The van der Waals surface area contributed by atoms with Crippen LogP contribution in [0.1, 0.15) is 29.8 Å². The van der Waals surface area contributed by atoms with Crippen LogP contribution in [0.4, 0.5) is 0 Å². The molecular weight excluding hydrogens is 326 g/mol. The zero-order valence-corrected chi connectivity index (χ0v) is 14.9. The van der Waals surface area contributed by atoms with Crippen molar-refractivity contribution in [3.63, 3.8) is 0 Å². The second-order valence-electron chi connectivity index (χ2n) is 6.47. The standard InChI is InChI=1S/C21H23N3O2/c1-15-6-4-7-16(14-15)12-13-22-20(25)11-5-10-19-23-18-9-3-2-8-17(18)21(26)24-19/h2-4,6-9,14H,5,10-13H2,1H3,(H,22,25)(H,23,24,26). The van der Waals surface area contributed by atoms with Crippen molar-refractivity contribution in [3.8, 4) is 0 Å². The van der Waals surface area contributed by atoms with Crippen molar-refractivity contribution in [2.45, 2.75) is 32.6 Å². The van der Waals surface area contributed by atoms with Gasteiger partial charge in [-0.1, -0.05) is 42.0 Å². The van der Waals surface area contributed by atoms with Gasteiger partial charge < -0.3 is 10.3 Å². The lowest BCUT2D eigenvalue weighted by Crippen LogP contribution is -2.25. The molecule has 26 heavy (non-hydrogen) atoms. The quantitative estimate of drug-likeness (QED) is 0.689. The fraction of sp³-hybridized carbons (Fsp3) is 0.286. The molecule has 1 heterocycles. The van der Waals surface area contributed by atoms with E-state index in [0.717, 1.165) is 6.42 Å². The van der Waals surface area contributed by atoms with Crippen molar-refractivity contribution >= 4 is 16.8 Å². The average Bonchev–Trinajstić information content (AvgIpc) is 2.62. The summed E-state index contributed by atoms with van der Waals surface area (Å²) in [5, 5.41) is 3.53. The molecule has 3 rings (SSSR count). The van der Waals surface area contributed by atoms with Gasteiger partial charge in [0.1, 0.15) is 5.82 Å². The number of amides is 1. The highest BCUT2D eigenvalue weighted by Crippen LogP contribution is 2.07. The molecule has 0 atom stereocenters. The van der Waals surface area contributed by atoms with Gasteiger partial charge in [-0.15, -0.1) is 0 Å². The topological polar surface area (TPSA) is 74.8 Å². The number of aromatic amines is 1. The molecule has 1 aromatic heterocycles. The van der Waals surface area contributed by atoms with Crippen LogP contribution in [-0.2, 0) is 17.6 Å². The molecular formula is C21H23N3O2. The molecule has 1 amide bonds. The van der Waals surface area contributed by atoms with Crippen LogP contribution in [0.3, 0.4) is 0 Å². The summed E-state index contributed by atoms with van der Waals surface area (Å²) < 4.78 is 0. The number of hydrogen-bond acceptors (Lipinski definition) is 3. The smallest absolute Gasteiger partial charge is 0.258 e. The van der Waals surface area contributed by atoms with E-state index >= 15 is 0 Å². The Morgan fingerprint density at radius 3 is 2.81 bits per heavy atom. The third-order valence-electron chi connectivity index (χ3n) is 4.30. The molecule has 2 N–H and O–H groups in total. The van der Waals surface area contributed by atoms with Gasteiger partial charge in [0.25, 0.3) is 5.56 Å². The maximum Gasteiger partial charge on any atom is 0.258 e. The second-order valence-corrected chi connectivity index (χ2v) is 6.47. The van der Waals surface area contributed by atoms with Gasteiger partial charge in [0.05, 0.1) is 10.9 Å². The van der Waals surface area contributed by atoms with Crippen LogP contribution in [0.2, 0.25) is 0 Å². The summed E-state index contributed by atoms with van der Waals surface area (Å²) in [7, 11) is 0. The highest BCUT2D eigenvalue weighted by molar-refractivity contribution is 5.77. The maximum atomic E-state index is 12.0. The highest BCUT2D eigenvalue weighted by Gasteiger charge is 2.05. The number of nitrogens with zero attached hydrogens (tertiary/aromatic N) is 1. The SMILES string of the molecule is Cc1cccc(CCNC(=O)CCCc2nc3ccccc3c(=O)[nH]2)c1. The number of nitrogens with one attached hydrogen (secondary N) is 2. The number of rotatable bonds is 7. The normalized spacial score (nSPS) is 10.8. The minimum absolute atomic E-state index is 0.0285. The first-order valence-corrected chi connectivity index (χ1v) is 8.92. The van der Waals surface area contributed by atoms with Crippen molar-refractivity contribution in [2.24, 2.45) is 0 Å². The van der Waals surface area contributed by atoms with Crippen molar-refractivity contribution in [1.82, 2.24) is 15.3 Å². The van der Waals surface area contributed by atoms with Gasteiger partial charge in [0, 0.05) is 19.4 Å². The lowest BCUT2D eigenvalue weighted by molar-refractivity contribution is -0.121. The first kappa shape index (κ1) is 17.9. The van der Waals surface area contributed by atoms with E-state index in [4.69, 9.17) is 0 Å². The second kappa shape index (κ2) is 8.43. The van der Waals surface area contributed by atoms with Gasteiger partial charge in [0.2, 0.25) is 5.91 Å². The van der Waals surface area contributed by atoms with E-state index in [1.54, 1.807) is 6.07 Å². The van der Waals surface area contributed by atoms with Crippen LogP contribution in [0.15, 0.2) is 53.3 Å². The number of H-pyrrole nitrogens is 1. The Morgan fingerprint density at radius 2 is 1.96 bits per heavy atom. The lowest BCUT2D eigenvalue weighted by Gasteiger charge is -2.06. The summed E-state index contributed by atoms with van der Waals surface area (Å²) in [6.45, 7) is 2.70. The van der Waals surface area contributed by atoms with E-state index in [-0.39, 0.29) is 11.5 Å². The third-order valence-corrected chi connectivity index (χ3v) is 4.30. The van der Waals surface area contributed by atoms with Crippen molar-refractivity contribution in [3.05, 3.63) is 75.8 Å². The first-order chi connectivity index (χ1) is 12.6. The number of aryl methyl sites for hydroxylation is 2. The molecule has 0 aliphatic carbocycles. The minimum atomic E-state index is -0.131. The van der Waals surface area contributed by atoms with Crippen LogP contribution < -0.4 is 10.9 Å². The van der Waals surface area contributed by atoms with Crippen LogP contribution in [0.5, 0.6) is 0 Å². The number of fused-ring (bicyclic) bond motifs is 1. The number of aromatic nitrogens is 2. The average molecular weight is 349 g/mol. The van der Waals surface area contributed by atoms with E-state index in [9.17, 15) is 9.59 Å². The van der Waals surface area contributed by atoms with E-state index in [1.807, 2.05) is 24.3 Å². The Labute approximate surface area is 152 Å². The molecule has 0 spiro atoms. The van der Waals surface area contributed by atoms with Gasteiger partial charge in [-0.25, -0.2) is 4.98 Å². The Morgan fingerprint density at radius 1 is 1.12 bits per heavy atom. The number of carbonyl (C=O) groups is 1. The Hall–Kier alpha value is -2.95. The van der Waals surface area contributed by atoms with Crippen molar-refractivity contribution < 1.29 is 4.79 Å². The molecule has 0 saturated carbocycles. The molecule has 5 nitrogen and oxygen atoms in total. The Bertz CT molecular complexity index is 963. The first-order valence-electron chi connectivity index (χ1n) is 8.92. The molecule has 0 unspecified atom stereocenters.